The Morgan fingerprint density at radius 2 is 1.87 bits per heavy atom. The third-order valence-corrected chi connectivity index (χ3v) is 7.69. The van der Waals surface area contributed by atoms with E-state index in [0.717, 1.165) is 4.90 Å². The number of alkyl halides is 3. The maximum Gasteiger partial charge on any atom is 0.428 e. The molecule has 2 unspecified atom stereocenters. The van der Waals surface area contributed by atoms with Crippen molar-refractivity contribution in [2.75, 3.05) is 38.7 Å². The number of hydrogen-bond donors (Lipinski definition) is 2. The van der Waals surface area contributed by atoms with Crippen molar-refractivity contribution in [3.05, 3.63) is 46.5 Å². The van der Waals surface area contributed by atoms with Crippen LogP contribution in [0.15, 0.2) is 30.6 Å². The zero-order valence-electron chi connectivity index (χ0n) is 20.5. The van der Waals surface area contributed by atoms with E-state index in [1.165, 1.54) is 25.6 Å². The van der Waals surface area contributed by atoms with Gasteiger partial charge in [0, 0.05) is 43.5 Å². The summed E-state index contributed by atoms with van der Waals surface area (Å²) in [6.45, 7) is 0.610. The molecule has 2 bridgehead atoms. The van der Waals surface area contributed by atoms with Gasteiger partial charge in [0.1, 0.15) is 24.9 Å². The number of aliphatic hydroxyl groups is 1. The van der Waals surface area contributed by atoms with Crippen LogP contribution in [0.5, 0.6) is 11.5 Å². The normalized spacial score (nSPS) is 21.9. The van der Waals surface area contributed by atoms with Gasteiger partial charge in [-0.2, -0.15) is 13.2 Å². The van der Waals surface area contributed by atoms with Gasteiger partial charge in [-0.1, -0.05) is 23.2 Å². The quantitative estimate of drug-likeness (QED) is 0.194. The van der Waals surface area contributed by atoms with Crippen LogP contribution in [0.25, 0.3) is 10.9 Å². The molecule has 14 heteroatoms. The molecule has 1 aliphatic heterocycles. The Bertz CT molecular complexity index is 1350. The number of nitrogens with zero attached hydrogens (tertiary/aromatic N) is 3. The molecule has 2 N–H and O–H groups in total. The van der Waals surface area contributed by atoms with Gasteiger partial charge >= 0.3 is 6.18 Å². The molecule has 8 nitrogen and oxygen atoms in total. The average molecular weight is 591 g/mol. The second-order valence-electron chi connectivity index (χ2n) is 9.44. The van der Waals surface area contributed by atoms with Crippen molar-refractivity contribution < 1.29 is 36.9 Å². The van der Waals surface area contributed by atoms with E-state index in [9.17, 15) is 22.7 Å². The Balaban J connectivity index is 1.44. The van der Waals surface area contributed by atoms with Gasteiger partial charge in [0.25, 0.3) is 0 Å². The smallest absolute Gasteiger partial charge is 0.428 e. The topological polar surface area (TPSA) is 89.0 Å². The number of anilines is 2. The third kappa shape index (κ3) is 5.66. The van der Waals surface area contributed by atoms with Gasteiger partial charge in [-0.15, -0.1) is 0 Å². The van der Waals surface area contributed by atoms with Crippen LogP contribution in [0, 0.1) is 17.7 Å². The molecule has 2 heterocycles. The van der Waals surface area contributed by atoms with Gasteiger partial charge in [-0.25, -0.2) is 14.4 Å². The highest BCUT2D eigenvalue weighted by Crippen LogP contribution is 2.46. The number of ether oxygens (including phenoxy) is 3. The minimum absolute atomic E-state index is 0.0435. The molecule has 1 aliphatic carbocycles. The summed E-state index contributed by atoms with van der Waals surface area (Å²) >= 11 is 11.8. The van der Waals surface area contributed by atoms with E-state index in [4.69, 9.17) is 37.4 Å². The summed E-state index contributed by atoms with van der Waals surface area (Å²) in [6.07, 6.45) is -5.62. The summed E-state index contributed by atoms with van der Waals surface area (Å²) in [5.74, 6) is -0.215. The molecule has 0 amide bonds. The number of rotatable bonds is 9. The van der Waals surface area contributed by atoms with Crippen LogP contribution in [-0.4, -0.2) is 71.9 Å². The van der Waals surface area contributed by atoms with Crippen molar-refractivity contribution in [1.29, 1.82) is 0 Å². The first-order valence-corrected chi connectivity index (χ1v) is 12.8. The minimum Gasteiger partial charge on any atom is -0.487 e. The van der Waals surface area contributed by atoms with Crippen LogP contribution in [-0.2, 0) is 4.74 Å². The molecule has 2 aromatic carbocycles. The van der Waals surface area contributed by atoms with E-state index < -0.39 is 18.2 Å². The molecule has 39 heavy (non-hydrogen) atoms. The number of methoxy groups -OCH3 is 1. The van der Waals surface area contributed by atoms with Gasteiger partial charge < -0.3 is 24.6 Å². The Hall–Kier alpha value is -2.64. The lowest BCUT2D eigenvalue weighted by atomic mass is 9.68. The molecule has 4 atom stereocenters. The number of likely N-dealkylation sites (tertiary alicyclic amines) is 1. The fourth-order valence-electron chi connectivity index (χ4n) is 4.98. The Labute approximate surface area is 230 Å². The molecule has 1 saturated heterocycles. The molecule has 5 rings (SSSR count). The van der Waals surface area contributed by atoms with Crippen LogP contribution >= 0.6 is 23.2 Å². The zero-order chi connectivity index (χ0) is 27.9. The zero-order valence-corrected chi connectivity index (χ0v) is 22.0. The summed E-state index contributed by atoms with van der Waals surface area (Å²) in [5, 5.41) is 12.9. The van der Waals surface area contributed by atoms with Crippen molar-refractivity contribution in [3.63, 3.8) is 0 Å². The van der Waals surface area contributed by atoms with Crippen LogP contribution in [0.1, 0.15) is 6.42 Å². The van der Waals surface area contributed by atoms with E-state index in [1.54, 1.807) is 12.1 Å². The third-order valence-electron chi connectivity index (χ3n) is 6.91. The Kier molecular flexibility index (Phi) is 7.93. The molecule has 2 aliphatic rings. The molecule has 2 fully saturated rings. The Morgan fingerprint density at radius 1 is 1.13 bits per heavy atom. The number of piperidine rings is 2. The van der Waals surface area contributed by atoms with Crippen LogP contribution < -0.4 is 14.8 Å². The van der Waals surface area contributed by atoms with Crippen molar-refractivity contribution >= 4 is 45.6 Å². The summed E-state index contributed by atoms with van der Waals surface area (Å²) in [6, 6.07) is 6.16. The maximum absolute atomic E-state index is 14.7. The first kappa shape index (κ1) is 27.9. The fraction of sp³-hybridized carbons (Fsp3) is 0.440. The number of benzene rings is 2. The molecule has 0 radical (unpaired) electrons. The maximum atomic E-state index is 14.7. The molecule has 3 aromatic rings. The first-order chi connectivity index (χ1) is 18.6. The lowest BCUT2D eigenvalue weighted by Crippen LogP contribution is -2.64. The number of fused-ring (bicyclic) bond motifs is 3. The standard InChI is InChI=1S/C25H24Cl2F4N4O4/c1-37-4-5-38-18-8-17-14(23(33-11-32-17)34-16-3-2-15(26)20(27)21(16)28)7-19(18)39-22-12-6-13(22)10-35(9-12)24(36)25(29,30)31/h2-3,7-8,11-13,22,24,36H,4-6,9-10H2,1H3,(H,32,33,34)/t12-,13+,22?,24?. The van der Waals surface area contributed by atoms with Crippen LogP contribution in [0.4, 0.5) is 29.1 Å². The number of halogens is 6. The van der Waals surface area contributed by atoms with Crippen LogP contribution in [0.2, 0.25) is 10.0 Å². The van der Waals surface area contributed by atoms with E-state index in [2.05, 4.69) is 15.3 Å². The second kappa shape index (κ2) is 11.1. The van der Waals surface area contributed by atoms with Crippen molar-refractivity contribution in [2.24, 2.45) is 11.8 Å². The summed E-state index contributed by atoms with van der Waals surface area (Å²) in [7, 11) is 1.53. The van der Waals surface area contributed by atoms with E-state index in [-0.39, 0.29) is 59.2 Å². The lowest BCUT2D eigenvalue weighted by Gasteiger charge is -2.53. The van der Waals surface area contributed by atoms with Gasteiger partial charge in [0.2, 0.25) is 6.23 Å². The van der Waals surface area contributed by atoms with Gasteiger partial charge in [-0.05, 0) is 24.6 Å². The number of aliphatic hydroxyl groups excluding tert-OH is 1. The predicted molar refractivity (Wildman–Crippen MR) is 136 cm³/mol. The molecule has 0 spiro atoms. The van der Waals surface area contributed by atoms with Gasteiger partial charge in [-0.3, -0.25) is 4.90 Å². The first-order valence-electron chi connectivity index (χ1n) is 12.0. The molecule has 1 aromatic heterocycles. The summed E-state index contributed by atoms with van der Waals surface area (Å²) in [4.78, 5) is 9.56. The average Bonchev–Trinajstić information content (AvgIpc) is 2.91. The molecular weight excluding hydrogens is 567 g/mol. The van der Waals surface area contributed by atoms with Crippen molar-refractivity contribution in [3.8, 4) is 11.5 Å². The highest BCUT2D eigenvalue weighted by molar-refractivity contribution is 6.42. The molecule has 1 saturated carbocycles. The molecular formula is C25H24Cl2F4N4O4. The number of aromatic nitrogens is 2. The van der Waals surface area contributed by atoms with Crippen LogP contribution in [0.3, 0.4) is 0 Å². The highest BCUT2D eigenvalue weighted by Gasteiger charge is 2.53. The monoisotopic (exact) mass is 590 g/mol. The number of hydrogen-bond acceptors (Lipinski definition) is 8. The predicted octanol–water partition coefficient (Wildman–Crippen LogP) is 5.42. The van der Waals surface area contributed by atoms with Gasteiger partial charge in [0.05, 0.1) is 27.9 Å². The van der Waals surface area contributed by atoms with Crippen molar-refractivity contribution in [1.82, 2.24) is 14.9 Å². The lowest BCUT2D eigenvalue weighted by molar-refractivity contribution is -0.269. The molecule has 210 valence electrons. The fourth-order valence-corrected chi connectivity index (χ4v) is 5.29. The summed E-state index contributed by atoms with van der Waals surface area (Å²) in [5.41, 5.74) is 0.519. The highest BCUT2D eigenvalue weighted by atomic mass is 35.5. The minimum atomic E-state index is -4.72. The van der Waals surface area contributed by atoms with Gasteiger partial charge in [0.15, 0.2) is 17.3 Å². The summed E-state index contributed by atoms with van der Waals surface area (Å²) < 4.78 is 71.0. The SMILES string of the molecule is COCCOc1cc2ncnc(Nc3ccc(Cl)c(Cl)c3F)c2cc1OC1[C@@H]2C[C@H]1CN(C(O)C(F)(F)F)C2. The second-order valence-corrected chi connectivity index (χ2v) is 10.2. The van der Waals surface area contributed by atoms with E-state index in [0.29, 0.717) is 35.4 Å². The van der Waals surface area contributed by atoms with E-state index >= 15 is 0 Å². The largest absolute Gasteiger partial charge is 0.487 e. The number of nitrogens with one attached hydrogen (secondary N) is 1. The van der Waals surface area contributed by atoms with E-state index in [1.807, 2.05) is 0 Å². The van der Waals surface area contributed by atoms with Crippen molar-refractivity contribution in [2.45, 2.75) is 24.9 Å². The Morgan fingerprint density at radius 3 is 2.56 bits per heavy atom.